The van der Waals surface area contributed by atoms with Gasteiger partial charge in [-0.3, -0.25) is 0 Å². The smallest absolute Gasteiger partial charge is 0.191 e. The number of guanidine groups is 1. The van der Waals surface area contributed by atoms with E-state index >= 15 is 0 Å². The molecule has 1 aliphatic carbocycles. The molecule has 1 aromatic carbocycles. The number of nitrogens with one attached hydrogen (secondary N) is 2. The lowest BCUT2D eigenvalue weighted by molar-refractivity contribution is 0.105. The molecule has 0 radical (unpaired) electrons. The molecular formula is C26H44N4O2. The summed E-state index contributed by atoms with van der Waals surface area (Å²) in [5.74, 6) is 1.38. The summed E-state index contributed by atoms with van der Waals surface area (Å²) in [6, 6.07) is 8.82. The van der Waals surface area contributed by atoms with Crippen molar-refractivity contribution in [3.05, 3.63) is 29.8 Å². The van der Waals surface area contributed by atoms with Crippen LogP contribution in [0.5, 0.6) is 0 Å². The van der Waals surface area contributed by atoms with Crippen LogP contribution in [0.2, 0.25) is 0 Å². The second-order valence-electron chi connectivity index (χ2n) is 9.48. The summed E-state index contributed by atoms with van der Waals surface area (Å²) in [6.07, 6.45) is 8.49. The SMILES string of the molecule is CCNC(=NCc1ccc(N2CCC(CO)CC2)cc1)NCC1(CCOCC)CCCC1. The number of benzene rings is 1. The Kier molecular flexibility index (Phi) is 10.1. The first kappa shape index (κ1) is 24.8. The van der Waals surface area contributed by atoms with Crippen LogP contribution < -0.4 is 15.5 Å². The molecular weight excluding hydrogens is 400 g/mol. The molecule has 0 unspecified atom stereocenters. The van der Waals surface area contributed by atoms with Gasteiger partial charge in [0.2, 0.25) is 0 Å². The number of anilines is 1. The van der Waals surface area contributed by atoms with Gasteiger partial charge in [-0.2, -0.15) is 0 Å². The van der Waals surface area contributed by atoms with Crippen molar-refractivity contribution in [3.63, 3.8) is 0 Å². The van der Waals surface area contributed by atoms with Crippen molar-refractivity contribution >= 4 is 11.6 Å². The fraction of sp³-hybridized carbons (Fsp3) is 0.731. The highest BCUT2D eigenvalue weighted by Crippen LogP contribution is 2.40. The van der Waals surface area contributed by atoms with Crippen molar-refractivity contribution in [1.29, 1.82) is 0 Å². The van der Waals surface area contributed by atoms with Crippen LogP contribution in [0.4, 0.5) is 5.69 Å². The molecule has 0 bridgehead atoms. The van der Waals surface area contributed by atoms with Gasteiger partial charge in [0.05, 0.1) is 6.54 Å². The molecule has 6 nitrogen and oxygen atoms in total. The zero-order chi connectivity index (χ0) is 22.7. The van der Waals surface area contributed by atoms with Crippen molar-refractivity contribution < 1.29 is 9.84 Å². The topological polar surface area (TPSA) is 69.1 Å². The van der Waals surface area contributed by atoms with Crippen molar-refractivity contribution in [3.8, 4) is 0 Å². The molecule has 2 fully saturated rings. The van der Waals surface area contributed by atoms with E-state index in [0.29, 0.717) is 24.5 Å². The largest absolute Gasteiger partial charge is 0.396 e. The Morgan fingerprint density at radius 2 is 1.84 bits per heavy atom. The van der Waals surface area contributed by atoms with Gasteiger partial charge in [0.1, 0.15) is 0 Å². The molecule has 2 aliphatic rings. The van der Waals surface area contributed by atoms with E-state index in [2.05, 4.69) is 53.6 Å². The second kappa shape index (κ2) is 13.0. The molecule has 0 aromatic heterocycles. The van der Waals surface area contributed by atoms with Crippen molar-refractivity contribution in [1.82, 2.24) is 10.6 Å². The van der Waals surface area contributed by atoms with E-state index in [1.54, 1.807) is 0 Å². The highest BCUT2D eigenvalue weighted by atomic mass is 16.5. The molecule has 0 atom stereocenters. The van der Waals surface area contributed by atoms with Gasteiger partial charge in [-0.25, -0.2) is 4.99 Å². The van der Waals surface area contributed by atoms with E-state index < -0.39 is 0 Å². The molecule has 180 valence electrons. The predicted octanol–water partition coefficient (Wildman–Crippen LogP) is 3.94. The highest BCUT2D eigenvalue weighted by Gasteiger charge is 2.33. The average molecular weight is 445 g/mol. The minimum absolute atomic E-state index is 0.320. The van der Waals surface area contributed by atoms with Crippen LogP contribution in [0.3, 0.4) is 0 Å². The maximum absolute atomic E-state index is 9.34. The van der Waals surface area contributed by atoms with Crippen LogP contribution in [0.25, 0.3) is 0 Å². The van der Waals surface area contributed by atoms with Crippen LogP contribution in [0.1, 0.15) is 64.4 Å². The maximum Gasteiger partial charge on any atom is 0.191 e. The Hall–Kier alpha value is -1.79. The molecule has 3 rings (SSSR count). The van der Waals surface area contributed by atoms with E-state index in [4.69, 9.17) is 9.73 Å². The van der Waals surface area contributed by atoms with E-state index in [-0.39, 0.29) is 0 Å². The summed E-state index contributed by atoms with van der Waals surface area (Å²) >= 11 is 0. The summed E-state index contributed by atoms with van der Waals surface area (Å²) in [7, 11) is 0. The minimum atomic E-state index is 0.320. The lowest BCUT2D eigenvalue weighted by Crippen LogP contribution is -2.43. The number of piperidine rings is 1. The summed E-state index contributed by atoms with van der Waals surface area (Å²) in [6.45, 7) is 10.7. The first-order valence-corrected chi connectivity index (χ1v) is 12.7. The summed E-state index contributed by atoms with van der Waals surface area (Å²) < 4.78 is 5.66. The van der Waals surface area contributed by atoms with E-state index in [1.165, 1.54) is 36.9 Å². The molecule has 1 heterocycles. The van der Waals surface area contributed by atoms with Gasteiger partial charge in [0.25, 0.3) is 0 Å². The number of nitrogens with zero attached hydrogens (tertiary/aromatic N) is 2. The van der Waals surface area contributed by atoms with E-state index in [1.807, 2.05) is 0 Å². The third kappa shape index (κ3) is 7.38. The molecule has 0 amide bonds. The first-order chi connectivity index (χ1) is 15.7. The van der Waals surface area contributed by atoms with Crippen LogP contribution in [-0.2, 0) is 11.3 Å². The summed E-state index contributed by atoms with van der Waals surface area (Å²) in [5, 5.41) is 16.4. The van der Waals surface area contributed by atoms with Crippen LogP contribution in [-0.4, -0.2) is 57.1 Å². The zero-order valence-corrected chi connectivity index (χ0v) is 20.2. The van der Waals surface area contributed by atoms with E-state index in [0.717, 1.165) is 64.6 Å². The Balaban J connectivity index is 1.53. The lowest BCUT2D eigenvalue weighted by Gasteiger charge is -2.33. The Morgan fingerprint density at radius 1 is 1.12 bits per heavy atom. The number of ether oxygens (including phenoxy) is 1. The summed E-state index contributed by atoms with van der Waals surface area (Å²) in [4.78, 5) is 7.28. The number of hydrogen-bond acceptors (Lipinski definition) is 4. The van der Waals surface area contributed by atoms with Crippen LogP contribution >= 0.6 is 0 Å². The standard InChI is InChI=1S/C26H44N4O2/c1-3-27-25(29-21-26(13-5-6-14-26)15-18-32-4-2)28-19-22-7-9-24(10-8-22)30-16-11-23(20-31)12-17-30/h7-10,23,31H,3-6,11-21H2,1-2H3,(H2,27,28,29). The van der Waals surface area contributed by atoms with Crippen LogP contribution in [0, 0.1) is 11.3 Å². The molecule has 3 N–H and O–H groups in total. The molecule has 1 aromatic rings. The van der Waals surface area contributed by atoms with Gasteiger partial charge in [-0.15, -0.1) is 0 Å². The zero-order valence-electron chi connectivity index (χ0n) is 20.2. The fourth-order valence-electron chi connectivity index (χ4n) is 5.04. The molecule has 32 heavy (non-hydrogen) atoms. The Morgan fingerprint density at radius 3 is 2.47 bits per heavy atom. The predicted molar refractivity (Wildman–Crippen MR) is 133 cm³/mol. The third-order valence-electron chi connectivity index (χ3n) is 7.21. The third-order valence-corrected chi connectivity index (χ3v) is 7.21. The summed E-state index contributed by atoms with van der Waals surface area (Å²) in [5.41, 5.74) is 2.84. The highest BCUT2D eigenvalue weighted by molar-refractivity contribution is 5.79. The number of aliphatic hydroxyl groups is 1. The minimum Gasteiger partial charge on any atom is -0.396 e. The molecule has 1 saturated carbocycles. The van der Waals surface area contributed by atoms with Gasteiger partial charge in [-0.05, 0) is 75.0 Å². The molecule has 0 spiro atoms. The lowest BCUT2D eigenvalue weighted by atomic mass is 9.83. The van der Waals surface area contributed by atoms with Crippen molar-refractivity contribution in [2.75, 3.05) is 50.9 Å². The molecule has 6 heteroatoms. The van der Waals surface area contributed by atoms with Crippen molar-refractivity contribution in [2.24, 2.45) is 16.3 Å². The Labute approximate surface area is 194 Å². The first-order valence-electron chi connectivity index (χ1n) is 12.7. The van der Waals surface area contributed by atoms with Gasteiger partial charge in [0.15, 0.2) is 5.96 Å². The number of rotatable bonds is 11. The van der Waals surface area contributed by atoms with Crippen LogP contribution in [0.15, 0.2) is 29.3 Å². The van der Waals surface area contributed by atoms with Gasteiger partial charge >= 0.3 is 0 Å². The monoisotopic (exact) mass is 444 g/mol. The van der Waals surface area contributed by atoms with Gasteiger partial charge in [0, 0.05) is 51.7 Å². The number of aliphatic imine (C=N–C) groups is 1. The fourth-order valence-corrected chi connectivity index (χ4v) is 5.04. The van der Waals surface area contributed by atoms with Gasteiger partial charge < -0.3 is 25.4 Å². The van der Waals surface area contributed by atoms with Crippen molar-refractivity contribution in [2.45, 2.75) is 65.3 Å². The molecule has 1 saturated heterocycles. The number of hydrogen-bond donors (Lipinski definition) is 3. The normalized spacial score (nSPS) is 19.3. The average Bonchev–Trinajstić information content (AvgIpc) is 3.30. The van der Waals surface area contributed by atoms with Gasteiger partial charge in [-0.1, -0.05) is 25.0 Å². The second-order valence-corrected chi connectivity index (χ2v) is 9.48. The van der Waals surface area contributed by atoms with E-state index in [9.17, 15) is 5.11 Å². The number of aliphatic hydroxyl groups excluding tert-OH is 1. The Bertz CT molecular complexity index is 678. The quantitative estimate of drug-likeness (QED) is 0.274. The maximum atomic E-state index is 9.34. The molecule has 1 aliphatic heterocycles.